The lowest BCUT2D eigenvalue weighted by atomic mass is 9.88. The highest BCUT2D eigenvalue weighted by molar-refractivity contribution is 6.18. The molecule has 0 atom stereocenters. The van der Waals surface area contributed by atoms with Gasteiger partial charge in [0.05, 0.1) is 0 Å². The Morgan fingerprint density at radius 3 is 1.31 bits per heavy atom. The minimum atomic E-state index is -8.33. The zero-order valence-electron chi connectivity index (χ0n) is 25.6. The number of aryl methyl sites for hydroxylation is 1. The van der Waals surface area contributed by atoms with E-state index in [0.29, 0.717) is 39.0 Å². The predicted octanol–water partition coefficient (Wildman–Crippen LogP) is 13.0. The molecule has 0 saturated heterocycles. The van der Waals surface area contributed by atoms with Gasteiger partial charge in [0.25, 0.3) is 0 Å². The number of halogens is 15. The summed E-state index contributed by atoms with van der Waals surface area (Å²) in [5, 5.41) is 4.55. The molecule has 0 amide bonds. The summed E-state index contributed by atoms with van der Waals surface area (Å²) in [7, 11) is 0. The molecule has 0 bridgehead atoms. The van der Waals surface area contributed by atoms with Crippen LogP contribution >= 0.6 is 0 Å². The van der Waals surface area contributed by atoms with Crippen LogP contribution < -0.4 is 0 Å². The highest BCUT2D eigenvalue weighted by Gasteiger charge is 2.93. The van der Waals surface area contributed by atoms with Gasteiger partial charge in [0, 0.05) is 28.0 Å². The Labute approximate surface area is 279 Å². The van der Waals surface area contributed by atoms with Crippen molar-refractivity contribution in [2.24, 2.45) is 0 Å². The molecule has 0 N–H and O–H groups in total. The minimum Gasteiger partial charge on any atom is -0.456 e. The van der Waals surface area contributed by atoms with Crippen LogP contribution in [0.4, 0.5) is 65.9 Å². The fourth-order valence-electron chi connectivity index (χ4n) is 6.18. The van der Waals surface area contributed by atoms with E-state index in [2.05, 4.69) is 0 Å². The Balaban J connectivity index is 1.24. The summed E-state index contributed by atoms with van der Waals surface area (Å²) in [4.78, 5) is 0. The predicted molar refractivity (Wildman–Crippen MR) is 160 cm³/mol. The molecule has 17 heteroatoms. The third kappa shape index (κ3) is 4.75. The molecule has 0 aliphatic heterocycles. The average molecular weight is 754 g/mol. The quantitative estimate of drug-likeness (QED) is 0.152. The molecule has 274 valence electrons. The third-order valence-electron chi connectivity index (χ3n) is 9.02. The van der Waals surface area contributed by atoms with Crippen LogP contribution in [-0.4, -0.2) is 41.7 Å². The van der Waals surface area contributed by atoms with E-state index in [1.165, 1.54) is 12.1 Å². The summed E-state index contributed by atoms with van der Waals surface area (Å²) in [6.45, 7) is 1.94. The number of benzene rings is 5. The van der Waals surface area contributed by atoms with Gasteiger partial charge in [-0.1, -0.05) is 42.0 Å². The first kappa shape index (κ1) is 35.6. The molecule has 2 nitrogen and oxygen atoms in total. The Morgan fingerprint density at radius 2 is 0.808 bits per heavy atom. The number of fused-ring (bicyclic) bond motifs is 8. The summed E-state index contributed by atoms with van der Waals surface area (Å²) < 4.78 is 217. The molecular weight excluding hydrogens is 737 g/mol. The molecule has 5 aromatic carbocycles. The maximum atomic E-state index is 14.7. The molecule has 2 aromatic heterocycles. The lowest BCUT2D eigenvalue weighted by Crippen LogP contribution is -2.72. The third-order valence-corrected chi connectivity index (χ3v) is 9.02. The summed E-state index contributed by atoms with van der Waals surface area (Å²) in [5.41, 5.74) is 1.63. The van der Waals surface area contributed by atoms with Crippen molar-refractivity contribution in [3.8, 4) is 0 Å². The maximum Gasteiger partial charge on any atom is 0.460 e. The zero-order valence-corrected chi connectivity index (χ0v) is 25.6. The Morgan fingerprint density at radius 1 is 0.404 bits per heavy atom. The van der Waals surface area contributed by atoms with Gasteiger partial charge in [-0.05, 0) is 70.4 Å². The monoisotopic (exact) mass is 754 g/mol. The molecular formula is C35H17F15O2. The lowest BCUT2D eigenvalue weighted by molar-refractivity contribution is -0.452. The molecule has 0 radical (unpaired) electrons. The fourth-order valence-corrected chi connectivity index (χ4v) is 6.18. The van der Waals surface area contributed by atoms with Crippen molar-refractivity contribution >= 4 is 65.4 Å². The summed E-state index contributed by atoms with van der Waals surface area (Å²) in [6, 6.07) is 18.3. The van der Waals surface area contributed by atoms with Crippen molar-refractivity contribution in [1.29, 1.82) is 0 Å². The van der Waals surface area contributed by atoms with Gasteiger partial charge in [-0.15, -0.1) is 0 Å². The Bertz CT molecular complexity index is 2580. The van der Waals surface area contributed by atoms with Crippen molar-refractivity contribution in [1.82, 2.24) is 0 Å². The van der Waals surface area contributed by atoms with Crippen LogP contribution in [0, 0.1) is 6.92 Å². The van der Waals surface area contributed by atoms with Gasteiger partial charge in [-0.25, -0.2) is 0 Å². The molecule has 2 heterocycles. The molecule has 0 unspecified atom stereocenters. The second kappa shape index (κ2) is 10.6. The van der Waals surface area contributed by atoms with Gasteiger partial charge < -0.3 is 8.83 Å². The first-order valence-corrected chi connectivity index (χ1v) is 14.8. The first-order chi connectivity index (χ1) is 23.8. The van der Waals surface area contributed by atoms with E-state index in [9.17, 15) is 65.9 Å². The van der Waals surface area contributed by atoms with Crippen molar-refractivity contribution in [2.75, 3.05) is 0 Å². The van der Waals surface area contributed by atoms with Crippen LogP contribution in [0.15, 0.2) is 81.6 Å². The Kier molecular flexibility index (Phi) is 7.27. The second-order valence-corrected chi connectivity index (χ2v) is 12.5. The van der Waals surface area contributed by atoms with E-state index >= 15 is 0 Å². The van der Waals surface area contributed by atoms with Crippen molar-refractivity contribution in [3.05, 3.63) is 83.9 Å². The summed E-state index contributed by atoms with van der Waals surface area (Å²) in [6.07, 6.45) is -10.2. The zero-order chi connectivity index (χ0) is 38.2. The van der Waals surface area contributed by atoms with Crippen LogP contribution in [0.25, 0.3) is 65.4 Å². The van der Waals surface area contributed by atoms with E-state index in [-0.39, 0.29) is 16.4 Å². The molecule has 0 fully saturated rings. The fraction of sp³-hybridized carbons (Fsp3) is 0.257. The highest BCUT2D eigenvalue weighted by atomic mass is 19.4. The molecule has 0 spiro atoms. The van der Waals surface area contributed by atoms with Gasteiger partial charge >= 0.3 is 41.7 Å². The molecule has 52 heavy (non-hydrogen) atoms. The molecule has 0 saturated carbocycles. The number of hydrogen-bond acceptors (Lipinski definition) is 2. The van der Waals surface area contributed by atoms with Gasteiger partial charge in [0.1, 0.15) is 22.3 Å². The van der Waals surface area contributed by atoms with Crippen molar-refractivity contribution < 1.29 is 74.7 Å². The SMILES string of the molecule is Cc1ccc2cc3c(cc2c1)oc1cc2c(cc13)oc1cc3cc(CC(F)(F)C(F)(F)C(F)(F)C(F)(F)C(F)(F)C(F)(F)C(F)(F)F)ccc3cc12. The number of rotatable bonds is 7. The van der Waals surface area contributed by atoms with Gasteiger partial charge in [0.15, 0.2) is 0 Å². The van der Waals surface area contributed by atoms with Gasteiger partial charge in [-0.3, -0.25) is 0 Å². The standard InChI is InChI=1S/C35H17F15O2/c1-15-2-4-17-8-21-23-12-28-24(13-27(23)51-25(21)10-19(17)6-15)22-9-18-5-3-16(7-20(18)11-26(22)52-28)14-29(36,37)30(38,39)31(40,41)32(42,43)33(44,45)34(46,47)35(48,49)50/h2-13H,14H2,1H3. The van der Waals surface area contributed by atoms with Gasteiger partial charge in [-0.2, -0.15) is 65.9 Å². The number of hydrogen-bond donors (Lipinski definition) is 0. The van der Waals surface area contributed by atoms with Crippen molar-refractivity contribution in [3.63, 3.8) is 0 Å². The van der Waals surface area contributed by atoms with Gasteiger partial charge in [0.2, 0.25) is 0 Å². The van der Waals surface area contributed by atoms with E-state index in [0.717, 1.165) is 33.9 Å². The van der Waals surface area contributed by atoms with E-state index in [4.69, 9.17) is 8.83 Å². The second-order valence-electron chi connectivity index (χ2n) is 12.5. The smallest absolute Gasteiger partial charge is 0.456 e. The number of alkyl halides is 15. The molecule has 7 aromatic rings. The number of furan rings is 2. The molecule has 0 aliphatic carbocycles. The van der Waals surface area contributed by atoms with E-state index in [1.807, 2.05) is 37.3 Å². The first-order valence-electron chi connectivity index (χ1n) is 14.8. The minimum absolute atomic E-state index is 0.0347. The summed E-state index contributed by atoms with van der Waals surface area (Å²) in [5.74, 6) is -46.8. The summed E-state index contributed by atoms with van der Waals surface area (Å²) >= 11 is 0. The van der Waals surface area contributed by atoms with Crippen LogP contribution in [0.2, 0.25) is 0 Å². The highest BCUT2D eigenvalue weighted by Crippen LogP contribution is 2.62. The average Bonchev–Trinajstić information content (AvgIpc) is 3.55. The molecule has 0 aliphatic rings. The van der Waals surface area contributed by atoms with Crippen LogP contribution in [-0.2, 0) is 6.42 Å². The van der Waals surface area contributed by atoms with Crippen LogP contribution in [0.1, 0.15) is 11.1 Å². The van der Waals surface area contributed by atoms with E-state index in [1.54, 1.807) is 12.1 Å². The topological polar surface area (TPSA) is 26.3 Å². The van der Waals surface area contributed by atoms with E-state index < -0.39 is 53.7 Å². The Hall–Kier alpha value is -4.83. The molecule has 7 rings (SSSR count). The normalized spacial score (nSPS) is 14.6. The van der Waals surface area contributed by atoms with Crippen molar-refractivity contribution in [2.45, 2.75) is 55.1 Å². The lowest BCUT2D eigenvalue weighted by Gasteiger charge is -2.41. The maximum absolute atomic E-state index is 14.7. The largest absolute Gasteiger partial charge is 0.460 e. The van der Waals surface area contributed by atoms with Crippen LogP contribution in [0.3, 0.4) is 0 Å². The van der Waals surface area contributed by atoms with Crippen LogP contribution in [0.5, 0.6) is 0 Å².